The smallest absolute Gasteiger partial charge is 0.330 e. The Bertz CT molecular complexity index is 1340. The largest absolute Gasteiger partial charge is 0.493 e. The molecule has 7 nitrogen and oxygen atoms in total. The quantitative estimate of drug-likeness (QED) is 0.550. The van der Waals surface area contributed by atoms with Crippen molar-refractivity contribution in [2.45, 2.75) is 59.0 Å². The van der Waals surface area contributed by atoms with Crippen molar-refractivity contribution in [3.05, 3.63) is 69.1 Å². The molecule has 1 aliphatic rings. The minimum atomic E-state index is -0.0970. The number of aryl methyl sites for hydroxylation is 1. The van der Waals surface area contributed by atoms with Crippen molar-refractivity contribution in [1.29, 1.82) is 0 Å². The summed E-state index contributed by atoms with van der Waals surface area (Å²) in [6, 6.07) is 12.3. The highest BCUT2D eigenvalue weighted by molar-refractivity contribution is 5.70. The Morgan fingerprint density at radius 1 is 1.00 bits per heavy atom. The van der Waals surface area contributed by atoms with Gasteiger partial charge < -0.3 is 15.2 Å². The van der Waals surface area contributed by atoms with Crippen LogP contribution in [-0.4, -0.2) is 29.9 Å². The number of aromatic nitrogens is 2. The van der Waals surface area contributed by atoms with E-state index in [2.05, 4.69) is 45.9 Å². The van der Waals surface area contributed by atoms with E-state index < -0.39 is 0 Å². The van der Waals surface area contributed by atoms with E-state index in [1.165, 1.54) is 11.1 Å². The van der Waals surface area contributed by atoms with Gasteiger partial charge in [0.1, 0.15) is 5.49 Å². The highest BCUT2D eigenvalue weighted by atomic mass is 16.5. The van der Waals surface area contributed by atoms with Crippen LogP contribution in [0.4, 0.5) is 5.69 Å². The van der Waals surface area contributed by atoms with Crippen molar-refractivity contribution in [1.82, 2.24) is 9.13 Å². The molecule has 4 rings (SSSR count). The predicted octanol–water partition coefficient (Wildman–Crippen LogP) is 4.33. The Hall–Kier alpha value is -3.32. The Balaban J connectivity index is 2.06. The lowest BCUT2D eigenvalue weighted by atomic mass is 9.93. The molecule has 35 heavy (non-hydrogen) atoms. The van der Waals surface area contributed by atoms with Crippen molar-refractivity contribution >= 4 is 5.69 Å². The summed E-state index contributed by atoms with van der Waals surface area (Å²) in [4.78, 5) is 18.9. The fourth-order valence-corrected chi connectivity index (χ4v) is 4.85. The fraction of sp³-hybridized carbons (Fsp3) is 0.429. The molecular formula is C28H36N4O3. The van der Waals surface area contributed by atoms with Crippen molar-refractivity contribution in [3.8, 4) is 22.8 Å². The monoisotopic (exact) mass is 476 g/mol. The topological polar surface area (TPSA) is 83.8 Å². The lowest BCUT2D eigenvalue weighted by molar-refractivity contribution is 0.354. The van der Waals surface area contributed by atoms with Gasteiger partial charge in [0.15, 0.2) is 11.5 Å². The average molecular weight is 477 g/mol. The van der Waals surface area contributed by atoms with E-state index in [9.17, 15) is 4.79 Å². The number of nitrogens with zero attached hydrogens (tertiary/aromatic N) is 3. The lowest BCUT2D eigenvalue weighted by Gasteiger charge is -2.24. The fourth-order valence-electron chi connectivity index (χ4n) is 4.85. The first-order chi connectivity index (χ1) is 16.8. The third-order valence-corrected chi connectivity index (χ3v) is 6.71. The first-order valence-corrected chi connectivity index (χ1v) is 12.3. The number of benzene rings is 2. The van der Waals surface area contributed by atoms with Crippen LogP contribution < -0.4 is 26.4 Å². The molecule has 186 valence electrons. The van der Waals surface area contributed by atoms with Gasteiger partial charge in [0.2, 0.25) is 0 Å². The SMILES string of the molecule is COc1cc2c(cc1OC)-c1c/c(=N\c3c(C(C)C)cccc3C(C)C)n(CCN)c(=O)n1CC2. The van der Waals surface area contributed by atoms with E-state index in [1.54, 1.807) is 18.8 Å². The molecule has 2 aromatic carbocycles. The van der Waals surface area contributed by atoms with Crippen molar-refractivity contribution in [3.63, 3.8) is 0 Å². The minimum Gasteiger partial charge on any atom is -0.493 e. The molecule has 0 saturated carbocycles. The number of hydrogen-bond acceptors (Lipinski definition) is 5. The van der Waals surface area contributed by atoms with Crippen molar-refractivity contribution in [2.24, 2.45) is 10.7 Å². The summed E-state index contributed by atoms with van der Waals surface area (Å²) >= 11 is 0. The molecule has 2 N–H and O–H groups in total. The van der Waals surface area contributed by atoms with Gasteiger partial charge in [-0.2, -0.15) is 0 Å². The summed E-state index contributed by atoms with van der Waals surface area (Å²) in [5.74, 6) is 1.92. The number of methoxy groups -OCH3 is 2. The summed E-state index contributed by atoms with van der Waals surface area (Å²) in [6.45, 7) is 10.0. The van der Waals surface area contributed by atoms with Gasteiger partial charge >= 0.3 is 5.69 Å². The van der Waals surface area contributed by atoms with Crippen LogP contribution in [0.5, 0.6) is 11.5 Å². The van der Waals surface area contributed by atoms with E-state index in [4.69, 9.17) is 20.2 Å². The maximum absolute atomic E-state index is 13.7. The molecule has 7 heteroatoms. The first kappa shape index (κ1) is 24.8. The Morgan fingerprint density at radius 3 is 2.20 bits per heavy atom. The molecule has 0 atom stereocenters. The van der Waals surface area contributed by atoms with Gasteiger partial charge in [-0.3, -0.25) is 9.13 Å². The Kier molecular flexibility index (Phi) is 7.17. The summed E-state index contributed by atoms with van der Waals surface area (Å²) < 4.78 is 14.6. The summed E-state index contributed by atoms with van der Waals surface area (Å²) in [7, 11) is 3.26. The second-order valence-electron chi connectivity index (χ2n) is 9.58. The summed E-state index contributed by atoms with van der Waals surface area (Å²) in [5, 5.41) is 0. The Labute approximate surface area is 206 Å². The number of nitrogens with two attached hydrogens (primary N) is 1. The lowest BCUT2D eigenvalue weighted by Crippen LogP contribution is -2.43. The minimum absolute atomic E-state index is 0.0970. The molecule has 0 radical (unpaired) electrons. The standard InChI is InChI=1S/C28H36N4O3/c1-17(2)20-8-7-9-21(18(3)4)27(20)30-26-16-23-22-15-25(35-6)24(34-5)14-19(22)10-12-31(23)28(33)32(26)13-11-29/h7-9,14-18H,10-13,29H2,1-6H3/b30-26+. The number of para-hydroxylation sites is 1. The number of hydrogen-bond donors (Lipinski definition) is 1. The molecule has 0 unspecified atom stereocenters. The van der Waals surface area contributed by atoms with Crippen molar-refractivity contribution < 1.29 is 9.47 Å². The second-order valence-corrected chi connectivity index (χ2v) is 9.58. The molecular weight excluding hydrogens is 440 g/mol. The maximum Gasteiger partial charge on any atom is 0.330 e. The highest BCUT2D eigenvalue weighted by Gasteiger charge is 2.22. The third kappa shape index (κ3) is 4.52. The van der Waals surface area contributed by atoms with E-state index in [1.807, 2.05) is 22.8 Å². The zero-order valence-electron chi connectivity index (χ0n) is 21.6. The number of rotatable bonds is 7. The van der Waals surface area contributed by atoms with Crippen LogP contribution in [0, 0.1) is 0 Å². The van der Waals surface area contributed by atoms with Gasteiger partial charge in [0, 0.05) is 31.3 Å². The molecule has 1 aromatic heterocycles. The summed E-state index contributed by atoms with van der Waals surface area (Å²) in [6.07, 6.45) is 0.732. The van der Waals surface area contributed by atoms with Crippen LogP contribution >= 0.6 is 0 Å². The van der Waals surface area contributed by atoms with Gasteiger partial charge in [-0.15, -0.1) is 0 Å². The molecule has 0 fully saturated rings. The number of ether oxygens (including phenoxy) is 2. The second kappa shape index (κ2) is 10.1. The zero-order chi connectivity index (χ0) is 25.3. The van der Waals surface area contributed by atoms with Crippen LogP contribution in [0.1, 0.15) is 56.2 Å². The molecule has 0 bridgehead atoms. The first-order valence-electron chi connectivity index (χ1n) is 12.3. The highest BCUT2D eigenvalue weighted by Crippen LogP contribution is 2.38. The average Bonchev–Trinajstić information content (AvgIpc) is 2.85. The molecule has 0 aliphatic carbocycles. The van der Waals surface area contributed by atoms with E-state index >= 15 is 0 Å². The summed E-state index contributed by atoms with van der Waals surface area (Å²) in [5.41, 5.74) is 12.6. The predicted molar refractivity (Wildman–Crippen MR) is 140 cm³/mol. The normalized spacial score (nSPS) is 13.2. The molecule has 0 spiro atoms. The van der Waals surface area contributed by atoms with Crippen LogP contribution in [0.3, 0.4) is 0 Å². The van der Waals surface area contributed by atoms with E-state index in [-0.39, 0.29) is 5.69 Å². The third-order valence-electron chi connectivity index (χ3n) is 6.71. The van der Waals surface area contributed by atoms with E-state index in [0.29, 0.717) is 48.5 Å². The van der Waals surface area contributed by atoms with Crippen LogP contribution in [-0.2, 0) is 19.5 Å². The molecule has 0 amide bonds. The number of fused-ring (bicyclic) bond motifs is 3. The van der Waals surface area contributed by atoms with Gasteiger partial charge in [-0.25, -0.2) is 9.79 Å². The van der Waals surface area contributed by atoms with Crippen LogP contribution in [0.15, 0.2) is 46.2 Å². The van der Waals surface area contributed by atoms with Gasteiger partial charge in [0.25, 0.3) is 0 Å². The van der Waals surface area contributed by atoms with E-state index in [0.717, 1.165) is 28.9 Å². The molecule has 0 saturated heterocycles. The van der Waals surface area contributed by atoms with Crippen molar-refractivity contribution in [2.75, 3.05) is 20.8 Å². The molecule has 2 heterocycles. The maximum atomic E-state index is 13.7. The molecule has 1 aliphatic heterocycles. The molecule has 3 aromatic rings. The Morgan fingerprint density at radius 2 is 1.63 bits per heavy atom. The van der Waals surface area contributed by atoms with Gasteiger partial charge in [-0.1, -0.05) is 45.9 Å². The zero-order valence-corrected chi connectivity index (χ0v) is 21.6. The van der Waals surface area contributed by atoms with Crippen LogP contribution in [0.25, 0.3) is 11.3 Å². The van der Waals surface area contributed by atoms with Gasteiger partial charge in [-0.05, 0) is 47.1 Å². The van der Waals surface area contributed by atoms with Crippen LogP contribution in [0.2, 0.25) is 0 Å². The van der Waals surface area contributed by atoms with Gasteiger partial charge in [0.05, 0.1) is 25.6 Å².